The number of fused-ring (bicyclic) bond motifs is 1. The van der Waals surface area contributed by atoms with Crippen LogP contribution in [0.2, 0.25) is 5.02 Å². The van der Waals surface area contributed by atoms with Gasteiger partial charge in [-0.1, -0.05) is 66.2 Å². The number of nitrogens with zero attached hydrogens (tertiary/aromatic N) is 2. The Bertz CT molecular complexity index is 1600. The average Bonchev–Trinajstić information content (AvgIpc) is 3.55. The Hall–Kier alpha value is -4.55. The standard InChI is InChI=1S/C33H28ClN3O3/c1-39-27-15-9-24(10-16-27)30-29-31(36-35-30)33(38)37(20-19-22-5-3-2-4-6-22)32(29)25-11-17-28(18-12-25)40-21-23-7-13-26(34)14-8-23/h2-18,32H,19-21H2,1H3,(H,35,36). The molecule has 7 heteroatoms. The zero-order chi connectivity index (χ0) is 27.5. The summed E-state index contributed by atoms with van der Waals surface area (Å²) in [6.07, 6.45) is 0.751. The molecule has 200 valence electrons. The molecule has 1 unspecified atom stereocenters. The number of carbonyl (C=O) groups is 1. The molecule has 40 heavy (non-hydrogen) atoms. The number of nitrogens with one attached hydrogen (secondary N) is 1. The zero-order valence-corrected chi connectivity index (χ0v) is 22.8. The van der Waals surface area contributed by atoms with Gasteiger partial charge in [0, 0.05) is 22.7 Å². The minimum Gasteiger partial charge on any atom is -0.497 e. The van der Waals surface area contributed by atoms with Gasteiger partial charge in [0.25, 0.3) is 5.91 Å². The molecule has 0 saturated heterocycles. The van der Waals surface area contributed by atoms with Crippen molar-refractivity contribution in [3.63, 3.8) is 0 Å². The molecule has 1 amide bonds. The van der Waals surface area contributed by atoms with Crippen LogP contribution in [0.25, 0.3) is 11.3 Å². The summed E-state index contributed by atoms with van der Waals surface area (Å²) < 4.78 is 11.4. The fourth-order valence-corrected chi connectivity index (χ4v) is 5.26. The van der Waals surface area contributed by atoms with Crippen molar-refractivity contribution in [2.45, 2.75) is 19.1 Å². The molecule has 4 aromatic carbocycles. The van der Waals surface area contributed by atoms with Crippen LogP contribution in [-0.4, -0.2) is 34.7 Å². The predicted molar refractivity (Wildman–Crippen MR) is 156 cm³/mol. The largest absolute Gasteiger partial charge is 0.497 e. The monoisotopic (exact) mass is 549 g/mol. The van der Waals surface area contributed by atoms with Gasteiger partial charge in [0.1, 0.15) is 23.8 Å². The minimum absolute atomic E-state index is 0.0498. The number of rotatable bonds is 9. The quantitative estimate of drug-likeness (QED) is 0.213. The normalized spacial score (nSPS) is 14.3. The fraction of sp³-hybridized carbons (Fsp3) is 0.152. The summed E-state index contributed by atoms with van der Waals surface area (Å²) in [6.45, 7) is 1.02. The van der Waals surface area contributed by atoms with Gasteiger partial charge in [-0.2, -0.15) is 5.10 Å². The minimum atomic E-state index is -0.285. The van der Waals surface area contributed by atoms with E-state index in [0.717, 1.165) is 45.9 Å². The Labute approximate surface area is 238 Å². The van der Waals surface area contributed by atoms with Crippen LogP contribution in [0.1, 0.15) is 38.8 Å². The zero-order valence-electron chi connectivity index (χ0n) is 22.0. The second-order valence-corrected chi connectivity index (χ2v) is 10.1. The molecule has 0 bridgehead atoms. The molecule has 1 N–H and O–H groups in total. The Morgan fingerprint density at radius 3 is 2.25 bits per heavy atom. The number of aromatic nitrogens is 2. The maximum atomic E-state index is 13.7. The number of aromatic amines is 1. The number of hydrogen-bond donors (Lipinski definition) is 1. The van der Waals surface area contributed by atoms with E-state index in [4.69, 9.17) is 21.1 Å². The van der Waals surface area contributed by atoms with Crippen molar-refractivity contribution in [2.24, 2.45) is 0 Å². The average molecular weight is 550 g/mol. The summed E-state index contributed by atoms with van der Waals surface area (Å²) >= 11 is 6.00. The predicted octanol–water partition coefficient (Wildman–Crippen LogP) is 7.11. The van der Waals surface area contributed by atoms with E-state index < -0.39 is 0 Å². The van der Waals surface area contributed by atoms with E-state index in [9.17, 15) is 4.79 Å². The molecule has 1 aromatic heterocycles. The number of amides is 1. The summed E-state index contributed by atoms with van der Waals surface area (Å²) in [5.74, 6) is 1.47. The summed E-state index contributed by atoms with van der Waals surface area (Å²) in [7, 11) is 1.64. The molecule has 0 spiro atoms. The Balaban J connectivity index is 1.31. The van der Waals surface area contributed by atoms with Gasteiger partial charge >= 0.3 is 0 Å². The van der Waals surface area contributed by atoms with Gasteiger partial charge in [-0.3, -0.25) is 9.89 Å². The Morgan fingerprint density at radius 1 is 0.850 bits per heavy atom. The van der Waals surface area contributed by atoms with Crippen LogP contribution in [0.4, 0.5) is 0 Å². The van der Waals surface area contributed by atoms with E-state index in [-0.39, 0.29) is 11.9 Å². The van der Waals surface area contributed by atoms with Gasteiger partial charge in [-0.05, 0) is 71.6 Å². The van der Waals surface area contributed by atoms with Crippen LogP contribution in [0.15, 0.2) is 103 Å². The highest BCUT2D eigenvalue weighted by Crippen LogP contribution is 2.43. The first-order chi connectivity index (χ1) is 19.6. The maximum absolute atomic E-state index is 13.7. The fourth-order valence-electron chi connectivity index (χ4n) is 5.13. The van der Waals surface area contributed by atoms with Crippen molar-refractivity contribution in [3.8, 4) is 22.8 Å². The lowest BCUT2D eigenvalue weighted by Gasteiger charge is -2.26. The molecule has 0 saturated carbocycles. The lowest BCUT2D eigenvalue weighted by Crippen LogP contribution is -2.31. The molecule has 1 aliphatic heterocycles. The van der Waals surface area contributed by atoms with Gasteiger partial charge in [-0.25, -0.2) is 0 Å². The highest BCUT2D eigenvalue weighted by Gasteiger charge is 2.41. The molecule has 1 aliphatic rings. The molecular weight excluding hydrogens is 522 g/mol. The smallest absolute Gasteiger partial charge is 0.273 e. The number of benzene rings is 4. The first kappa shape index (κ1) is 25.7. The van der Waals surface area contributed by atoms with Crippen LogP contribution in [0.3, 0.4) is 0 Å². The second kappa shape index (κ2) is 11.3. The summed E-state index contributed by atoms with van der Waals surface area (Å²) in [6, 6.07) is 33.3. The van der Waals surface area contributed by atoms with Crippen LogP contribution in [-0.2, 0) is 13.0 Å². The number of methoxy groups -OCH3 is 1. The third-order valence-corrected chi connectivity index (χ3v) is 7.48. The molecule has 0 aliphatic carbocycles. The van der Waals surface area contributed by atoms with Gasteiger partial charge in [-0.15, -0.1) is 0 Å². The molecule has 0 fully saturated rings. The van der Waals surface area contributed by atoms with E-state index >= 15 is 0 Å². The van der Waals surface area contributed by atoms with Gasteiger partial charge in [0.15, 0.2) is 0 Å². The molecule has 5 aromatic rings. The van der Waals surface area contributed by atoms with Crippen LogP contribution < -0.4 is 9.47 Å². The second-order valence-electron chi connectivity index (χ2n) is 9.71. The summed E-state index contributed by atoms with van der Waals surface area (Å²) in [5, 5.41) is 8.32. The topological polar surface area (TPSA) is 67.5 Å². The lowest BCUT2D eigenvalue weighted by molar-refractivity contribution is 0.0746. The van der Waals surface area contributed by atoms with Crippen LogP contribution in [0, 0.1) is 0 Å². The molecular formula is C33H28ClN3O3. The number of H-pyrrole nitrogens is 1. The first-order valence-corrected chi connectivity index (χ1v) is 13.5. The van der Waals surface area contributed by atoms with E-state index in [1.807, 2.05) is 95.9 Å². The number of hydrogen-bond acceptors (Lipinski definition) is 4. The van der Waals surface area contributed by atoms with Crippen molar-refractivity contribution in [2.75, 3.05) is 13.7 Å². The molecule has 1 atom stereocenters. The van der Waals surface area contributed by atoms with Gasteiger partial charge in [0.05, 0.1) is 18.8 Å². The number of halogens is 1. The lowest BCUT2D eigenvalue weighted by atomic mass is 9.95. The number of ether oxygens (including phenoxy) is 2. The van der Waals surface area contributed by atoms with E-state index in [0.29, 0.717) is 23.9 Å². The Kier molecular flexibility index (Phi) is 7.25. The summed E-state index contributed by atoms with van der Waals surface area (Å²) in [4.78, 5) is 15.6. The number of carbonyl (C=O) groups excluding carboxylic acids is 1. The van der Waals surface area contributed by atoms with E-state index in [1.165, 1.54) is 5.56 Å². The van der Waals surface area contributed by atoms with Gasteiger partial charge in [0.2, 0.25) is 0 Å². The molecule has 6 rings (SSSR count). The van der Waals surface area contributed by atoms with E-state index in [1.54, 1.807) is 7.11 Å². The third-order valence-electron chi connectivity index (χ3n) is 7.23. The van der Waals surface area contributed by atoms with Crippen LogP contribution in [0.5, 0.6) is 11.5 Å². The molecule has 6 nitrogen and oxygen atoms in total. The highest BCUT2D eigenvalue weighted by atomic mass is 35.5. The van der Waals surface area contributed by atoms with Crippen molar-refractivity contribution < 1.29 is 14.3 Å². The van der Waals surface area contributed by atoms with Crippen molar-refractivity contribution in [3.05, 3.63) is 136 Å². The SMILES string of the molecule is COc1ccc(-c2n[nH]c3c2C(c2ccc(OCc4ccc(Cl)cc4)cc2)N(CCc2ccccc2)C3=O)cc1. The first-order valence-electron chi connectivity index (χ1n) is 13.2. The van der Waals surface area contributed by atoms with Crippen LogP contribution >= 0.6 is 11.6 Å². The van der Waals surface area contributed by atoms with Crippen molar-refractivity contribution >= 4 is 17.5 Å². The summed E-state index contributed by atoms with van der Waals surface area (Å²) in [5.41, 5.74) is 6.32. The third kappa shape index (κ3) is 5.18. The van der Waals surface area contributed by atoms with Crippen molar-refractivity contribution in [1.29, 1.82) is 0 Å². The Morgan fingerprint density at radius 2 is 1.55 bits per heavy atom. The molecule has 0 radical (unpaired) electrons. The van der Waals surface area contributed by atoms with Crippen molar-refractivity contribution in [1.82, 2.24) is 15.1 Å². The molecule has 2 heterocycles. The van der Waals surface area contributed by atoms with E-state index in [2.05, 4.69) is 22.3 Å². The van der Waals surface area contributed by atoms with Gasteiger partial charge < -0.3 is 14.4 Å². The maximum Gasteiger partial charge on any atom is 0.273 e. The highest BCUT2D eigenvalue weighted by molar-refractivity contribution is 6.30.